The van der Waals surface area contributed by atoms with Gasteiger partial charge in [-0.2, -0.15) is 0 Å². The number of rotatable bonds is 3. The zero-order valence-electron chi connectivity index (χ0n) is 14.3. The number of carbonyl (C=O) groups excluding carboxylic acids is 1. The van der Waals surface area contributed by atoms with E-state index in [9.17, 15) is 4.79 Å². The number of benzene rings is 1. The van der Waals surface area contributed by atoms with Gasteiger partial charge in [0, 0.05) is 18.5 Å². The number of carbonyl (C=O) groups is 1. The molecule has 5 nitrogen and oxygen atoms in total. The maximum absolute atomic E-state index is 12.8. The highest BCUT2D eigenvalue weighted by molar-refractivity contribution is 8.00. The highest BCUT2D eigenvalue weighted by Gasteiger charge is 2.24. The molecule has 1 atom stereocenters. The largest absolute Gasteiger partial charge is 0.451 e. The third-order valence-electron chi connectivity index (χ3n) is 4.68. The first-order valence-electron chi connectivity index (χ1n) is 8.82. The summed E-state index contributed by atoms with van der Waals surface area (Å²) in [5.41, 5.74) is 2.28. The van der Waals surface area contributed by atoms with E-state index in [1.807, 2.05) is 36.1 Å². The minimum absolute atomic E-state index is 0.190. The maximum atomic E-state index is 12.8. The molecule has 0 unspecified atom stereocenters. The second-order valence-corrected chi connectivity index (χ2v) is 7.78. The van der Waals surface area contributed by atoms with Crippen LogP contribution in [0.25, 0.3) is 22.1 Å². The first-order chi connectivity index (χ1) is 12.2. The fourth-order valence-corrected chi connectivity index (χ4v) is 4.29. The topological polar surface area (TPSA) is 59.2 Å². The Labute approximate surface area is 150 Å². The predicted octanol–water partition coefficient (Wildman–Crippen LogP) is 4.26. The number of nitrogens with zero attached hydrogens (tertiary/aromatic N) is 3. The Kier molecular flexibility index (Phi) is 4.61. The monoisotopic (exact) mass is 355 g/mol. The molecule has 1 saturated heterocycles. The van der Waals surface area contributed by atoms with Crippen molar-refractivity contribution in [3.05, 3.63) is 30.6 Å². The van der Waals surface area contributed by atoms with Gasteiger partial charge in [0.15, 0.2) is 5.58 Å². The van der Waals surface area contributed by atoms with E-state index in [4.69, 9.17) is 4.42 Å². The summed E-state index contributed by atoms with van der Waals surface area (Å²) in [4.78, 5) is 23.5. The fourth-order valence-electron chi connectivity index (χ4n) is 3.35. The summed E-state index contributed by atoms with van der Waals surface area (Å²) in [7, 11) is 0. The number of furan rings is 1. The van der Waals surface area contributed by atoms with E-state index in [2.05, 4.69) is 9.97 Å². The summed E-state index contributed by atoms with van der Waals surface area (Å²) in [6.45, 7) is 3.69. The average molecular weight is 355 g/mol. The van der Waals surface area contributed by atoms with Crippen LogP contribution in [0.4, 0.5) is 0 Å². The summed E-state index contributed by atoms with van der Waals surface area (Å²) in [6.07, 6.45) is 6.19. The van der Waals surface area contributed by atoms with Crippen molar-refractivity contribution in [2.45, 2.75) is 42.9 Å². The van der Waals surface area contributed by atoms with Crippen LogP contribution in [0.2, 0.25) is 0 Å². The van der Waals surface area contributed by atoms with E-state index in [1.165, 1.54) is 24.6 Å². The van der Waals surface area contributed by atoms with Crippen molar-refractivity contribution in [2.24, 2.45) is 0 Å². The molecular weight excluding hydrogens is 334 g/mol. The standard InChI is InChI=1S/C19H21N3O2S/c1-13(19(23)22-10-6-2-3-7-11-22)25-18-17-16(20-12-21-18)14-8-4-5-9-15(14)24-17/h4-5,8-9,12-13H,2-3,6-7,10-11H2,1H3/t13-/m1/s1. The Balaban J connectivity index is 1.60. The van der Waals surface area contributed by atoms with Crippen molar-refractivity contribution in [1.29, 1.82) is 0 Å². The van der Waals surface area contributed by atoms with Crippen LogP contribution in [0.1, 0.15) is 32.6 Å². The summed E-state index contributed by atoms with van der Waals surface area (Å²) >= 11 is 1.46. The zero-order valence-corrected chi connectivity index (χ0v) is 15.1. The lowest BCUT2D eigenvalue weighted by Crippen LogP contribution is -2.37. The Bertz CT molecular complexity index is 900. The van der Waals surface area contributed by atoms with Crippen LogP contribution in [0.5, 0.6) is 0 Å². The van der Waals surface area contributed by atoms with Crippen molar-refractivity contribution in [3.63, 3.8) is 0 Å². The number of hydrogen-bond donors (Lipinski definition) is 0. The number of thioether (sulfide) groups is 1. The quantitative estimate of drug-likeness (QED) is 0.519. The molecule has 1 fully saturated rings. The molecule has 1 aliphatic heterocycles. The van der Waals surface area contributed by atoms with Crippen molar-refractivity contribution in [2.75, 3.05) is 13.1 Å². The number of amides is 1. The molecule has 1 aromatic carbocycles. The molecule has 4 rings (SSSR count). The van der Waals surface area contributed by atoms with E-state index in [0.717, 1.165) is 47.4 Å². The fraction of sp³-hybridized carbons (Fsp3) is 0.421. The first kappa shape index (κ1) is 16.4. The Morgan fingerprint density at radius 3 is 2.72 bits per heavy atom. The molecule has 3 heterocycles. The maximum Gasteiger partial charge on any atom is 0.235 e. The normalized spacial score (nSPS) is 16.9. The summed E-state index contributed by atoms with van der Waals surface area (Å²) < 4.78 is 5.96. The van der Waals surface area contributed by atoms with Crippen molar-refractivity contribution in [1.82, 2.24) is 14.9 Å². The van der Waals surface area contributed by atoms with Crippen LogP contribution < -0.4 is 0 Å². The highest BCUT2D eigenvalue weighted by atomic mass is 32.2. The minimum atomic E-state index is -0.190. The van der Waals surface area contributed by atoms with E-state index in [1.54, 1.807) is 6.33 Å². The van der Waals surface area contributed by atoms with Gasteiger partial charge in [0.25, 0.3) is 0 Å². The van der Waals surface area contributed by atoms with E-state index < -0.39 is 0 Å². The molecule has 0 aliphatic carbocycles. The lowest BCUT2D eigenvalue weighted by atomic mass is 10.2. The van der Waals surface area contributed by atoms with E-state index in [0.29, 0.717) is 5.58 Å². The third-order valence-corrected chi connectivity index (χ3v) is 5.75. The molecule has 3 aromatic rings. The number of fused-ring (bicyclic) bond motifs is 3. The van der Waals surface area contributed by atoms with Gasteiger partial charge in [-0.15, -0.1) is 0 Å². The third kappa shape index (κ3) is 3.23. The van der Waals surface area contributed by atoms with Crippen LogP contribution in [-0.2, 0) is 4.79 Å². The molecular formula is C19H21N3O2S. The van der Waals surface area contributed by atoms with Crippen LogP contribution in [0, 0.1) is 0 Å². The van der Waals surface area contributed by atoms with Gasteiger partial charge in [-0.05, 0) is 31.9 Å². The van der Waals surface area contributed by atoms with E-state index in [-0.39, 0.29) is 11.2 Å². The molecule has 0 radical (unpaired) electrons. The molecule has 25 heavy (non-hydrogen) atoms. The lowest BCUT2D eigenvalue weighted by Gasteiger charge is -2.23. The number of aromatic nitrogens is 2. The van der Waals surface area contributed by atoms with Crippen LogP contribution in [0.15, 0.2) is 40.0 Å². The van der Waals surface area contributed by atoms with Crippen molar-refractivity contribution in [3.8, 4) is 0 Å². The number of likely N-dealkylation sites (tertiary alicyclic amines) is 1. The first-order valence-corrected chi connectivity index (χ1v) is 9.69. The van der Waals surface area contributed by atoms with Gasteiger partial charge in [0.2, 0.25) is 5.91 Å². The molecule has 1 amide bonds. The summed E-state index contributed by atoms with van der Waals surface area (Å²) in [6, 6.07) is 7.83. The molecule has 1 aliphatic rings. The van der Waals surface area contributed by atoms with Gasteiger partial charge >= 0.3 is 0 Å². The summed E-state index contributed by atoms with van der Waals surface area (Å²) in [5.74, 6) is 0.190. The molecule has 0 saturated carbocycles. The SMILES string of the molecule is C[C@@H](Sc1ncnc2c1oc1ccccc12)C(=O)N1CCCCCC1. The minimum Gasteiger partial charge on any atom is -0.451 e. The second-order valence-electron chi connectivity index (χ2n) is 6.45. The zero-order chi connectivity index (χ0) is 17.2. The van der Waals surface area contributed by atoms with Crippen molar-refractivity contribution < 1.29 is 9.21 Å². The lowest BCUT2D eigenvalue weighted by molar-refractivity contribution is -0.130. The van der Waals surface area contributed by atoms with Gasteiger partial charge in [-0.1, -0.05) is 36.7 Å². The van der Waals surface area contributed by atoms with Crippen molar-refractivity contribution >= 4 is 39.7 Å². The van der Waals surface area contributed by atoms with Gasteiger partial charge in [-0.3, -0.25) is 4.79 Å². The average Bonchev–Trinajstić information content (AvgIpc) is 2.81. The highest BCUT2D eigenvalue weighted by Crippen LogP contribution is 2.34. The molecule has 2 aromatic heterocycles. The Morgan fingerprint density at radius 1 is 1.16 bits per heavy atom. The molecule has 0 N–H and O–H groups in total. The van der Waals surface area contributed by atoms with Crippen LogP contribution >= 0.6 is 11.8 Å². The Hall–Kier alpha value is -2.08. The van der Waals surface area contributed by atoms with Gasteiger partial charge < -0.3 is 9.32 Å². The van der Waals surface area contributed by atoms with Crippen LogP contribution in [-0.4, -0.2) is 39.1 Å². The van der Waals surface area contributed by atoms with Gasteiger partial charge in [-0.25, -0.2) is 9.97 Å². The van der Waals surface area contributed by atoms with E-state index >= 15 is 0 Å². The predicted molar refractivity (Wildman–Crippen MR) is 99.7 cm³/mol. The second kappa shape index (κ2) is 7.04. The molecule has 6 heteroatoms. The van der Waals surface area contributed by atoms with Gasteiger partial charge in [0.05, 0.1) is 5.25 Å². The molecule has 0 spiro atoms. The number of hydrogen-bond acceptors (Lipinski definition) is 5. The summed E-state index contributed by atoms with van der Waals surface area (Å²) in [5, 5.41) is 1.52. The van der Waals surface area contributed by atoms with Gasteiger partial charge in [0.1, 0.15) is 22.5 Å². The smallest absolute Gasteiger partial charge is 0.235 e. The van der Waals surface area contributed by atoms with Crippen LogP contribution in [0.3, 0.4) is 0 Å². The number of para-hydroxylation sites is 1. The Morgan fingerprint density at radius 2 is 1.92 bits per heavy atom. The molecule has 130 valence electrons. The molecule has 0 bridgehead atoms.